The minimum Gasteiger partial charge on any atom is -0.497 e. The molecule has 2 heterocycles. The number of methoxy groups -OCH3 is 1. The second-order valence-corrected chi connectivity index (χ2v) is 8.01. The quantitative estimate of drug-likeness (QED) is 0.642. The van der Waals surface area contributed by atoms with E-state index in [4.69, 9.17) is 4.74 Å². The first-order valence-corrected chi connectivity index (χ1v) is 10.7. The number of benzene rings is 2. The van der Waals surface area contributed by atoms with Gasteiger partial charge in [-0.25, -0.2) is 9.37 Å². The van der Waals surface area contributed by atoms with Gasteiger partial charge in [0.1, 0.15) is 17.4 Å². The van der Waals surface area contributed by atoms with E-state index in [1.54, 1.807) is 25.3 Å². The fourth-order valence-corrected chi connectivity index (χ4v) is 4.29. The molecule has 1 fully saturated rings. The maximum atomic E-state index is 13.8. The number of ether oxygens (including phenoxy) is 1. The molecular formula is C22H23FN4O2S. The Morgan fingerprint density at radius 1 is 1.30 bits per heavy atom. The molecular weight excluding hydrogens is 403 g/mol. The van der Waals surface area contributed by atoms with E-state index in [-0.39, 0.29) is 17.5 Å². The highest BCUT2D eigenvalue weighted by Crippen LogP contribution is 2.27. The van der Waals surface area contributed by atoms with Crippen LogP contribution >= 0.6 is 11.5 Å². The van der Waals surface area contributed by atoms with Crippen molar-refractivity contribution in [1.82, 2.24) is 9.36 Å². The fraction of sp³-hybridized carbons (Fsp3) is 0.318. The number of halogens is 1. The van der Waals surface area contributed by atoms with Crippen LogP contribution in [0.2, 0.25) is 0 Å². The number of nitrogens with one attached hydrogen (secondary N) is 1. The van der Waals surface area contributed by atoms with E-state index in [9.17, 15) is 9.18 Å². The fourth-order valence-electron chi connectivity index (χ4n) is 3.57. The number of rotatable bonds is 6. The number of amides is 1. The highest BCUT2D eigenvalue weighted by Gasteiger charge is 2.28. The maximum Gasteiger partial charge on any atom is 0.229 e. The van der Waals surface area contributed by atoms with Gasteiger partial charge in [-0.15, -0.1) is 0 Å². The summed E-state index contributed by atoms with van der Waals surface area (Å²) in [5.74, 6) is 0.753. The summed E-state index contributed by atoms with van der Waals surface area (Å²) in [6.07, 6.45) is 2.27. The summed E-state index contributed by atoms with van der Waals surface area (Å²) in [6, 6.07) is 14.1. The summed E-state index contributed by atoms with van der Waals surface area (Å²) in [6.45, 7) is 1.38. The molecule has 0 aliphatic carbocycles. The zero-order valence-corrected chi connectivity index (χ0v) is 17.5. The van der Waals surface area contributed by atoms with Crippen LogP contribution in [0, 0.1) is 11.7 Å². The van der Waals surface area contributed by atoms with Gasteiger partial charge in [-0.3, -0.25) is 4.79 Å². The molecule has 1 atom stereocenters. The second kappa shape index (κ2) is 9.21. The number of anilines is 2. The molecule has 1 aliphatic heterocycles. The molecule has 156 valence electrons. The van der Waals surface area contributed by atoms with Gasteiger partial charge in [-0.05, 0) is 42.7 Å². The molecule has 2 aromatic carbocycles. The van der Waals surface area contributed by atoms with E-state index < -0.39 is 5.82 Å². The SMILES string of the molecule is COc1cccc(Cc2nsc(N3CCCC(C(=O)Nc4ccccc4F)C3)n2)c1. The summed E-state index contributed by atoms with van der Waals surface area (Å²) >= 11 is 1.35. The molecule has 1 unspecified atom stereocenters. The molecule has 0 saturated carbocycles. The number of carbonyl (C=O) groups is 1. The summed E-state index contributed by atoms with van der Waals surface area (Å²) in [5.41, 5.74) is 1.30. The molecule has 1 aromatic heterocycles. The van der Waals surface area contributed by atoms with Gasteiger partial charge in [-0.2, -0.15) is 4.37 Å². The third kappa shape index (κ3) is 4.76. The molecule has 1 amide bonds. The normalized spacial score (nSPS) is 16.3. The third-order valence-electron chi connectivity index (χ3n) is 5.15. The molecule has 8 heteroatoms. The first-order chi connectivity index (χ1) is 14.6. The Kier molecular flexibility index (Phi) is 6.23. The van der Waals surface area contributed by atoms with Gasteiger partial charge < -0.3 is 15.0 Å². The monoisotopic (exact) mass is 426 g/mol. The molecule has 1 saturated heterocycles. The minimum absolute atomic E-state index is 0.161. The summed E-state index contributed by atoms with van der Waals surface area (Å²) < 4.78 is 23.6. The summed E-state index contributed by atoms with van der Waals surface area (Å²) in [7, 11) is 1.65. The van der Waals surface area contributed by atoms with Crippen molar-refractivity contribution in [3.8, 4) is 5.75 Å². The molecule has 1 aliphatic rings. The molecule has 4 rings (SSSR count). The van der Waals surface area contributed by atoms with Crippen molar-refractivity contribution >= 4 is 28.3 Å². The Morgan fingerprint density at radius 2 is 2.17 bits per heavy atom. The van der Waals surface area contributed by atoms with Crippen molar-refractivity contribution < 1.29 is 13.9 Å². The molecule has 0 bridgehead atoms. The molecule has 6 nitrogen and oxygen atoms in total. The Hall–Kier alpha value is -3.00. The predicted octanol–water partition coefficient (Wildman–Crippen LogP) is 4.13. The highest BCUT2D eigenvalue weighted by molar-refractivity contribution is 7.09. The number of aromatic nitrogens is 2. The smallest absolute Gasteiger partial charge is 0.229 e. The van der Waals surface area contributed by atoms with Gasteiger partial charge in [0.25, 0.3) is 0 Å². The Morgan fingerprint density at radius 3 is 3.00 bits per heavy atom. The number of nitrogens with zero attached hydrogens (tertiary/aromatic N) is 3. The van der Waals surface area contributed by atoms with Crippen LogP contribution in [0.4, 0.5) is 15.2 Å². The molecule has 0 radical (unpaired) electrons. The zero-order chi connectivity index (χ0) is 20.9. The van der Waals surface area contributed by atoms with Crippen LogP contribution in [0.3, 0.4) is 0 Å². The van der Waals surface area contributed by atoms with Crippen LogP contribution in [0.1, 0.15) is 24.2 Å². The van der Waals surface area contributed by atoms with Crippen molar-refractivity contribution in [3.05, 3.63) is 65.7 Å². The van der Waals surface area contributed by atoms with E-state index >= 15 is 0 Å². The number of carbonyl (C=O) groups excluding carboxylic acids is 1. The zero-order valence-electron chi connectivity index (χ0n) is 16.7. The van der Waals surface area contributed by atoms with E-state index in [0.29, 0.717) is 13.0 Å². The van der Waals surface area contributed by atoms with Crippen LogP contribution in [0.15, 0.2) is 48.5 Å². The first kappa shape index (κ1) is 20.3. The average Bonchev–Trinajstić information content (AvgIpc) is 3.24. The maximum absolute atomic E-state index is 13.8. The lowest BCUT2D eigenvalue weighted by Crippen LogP contribution is -2.40. The summed E-state index contributed by atoms with van der Waals surface area (Å²) in [5, 5.41) is 3.53. The van der Waals surface area contributed by atoms with Crippen LogP contribution in [-0.4, -0.2) is 35.5 Å². The lowest BCUT2D eigenvalue weighted by atomic mass is 9.97. The third-order valence-corrected chi connectivity index (χ3v) is 5.96. The first-order valence-electron chi connectivity index (χ1n) is 9.88. The van der Waals surface area contributed by atoms with Gasteiger partial charge in [0, 0.05) is 31.0 Å². The average molecular weight is 427 g/mol. The lowest BCUT2D eigenvalue weighted by Gasteiger charge is -2.31. The lowest BCUT2D eigenvalue weighted by molar-refractivity contribution is -0.120. The second-order valence-electron chi connectivity index (χ2n) is 7.28. The number of hydrogen-bond acceptors (Lipinski definition) is 6. The number of piperidine rings is 1. The Balaban J connectivity index is 1.40. The molecule has 30 heavy (non-hydrogen) atoms. The topological polar surface area (TPSA) is 67.3 Å². The van der Waals surface area contributed by atoms with Gasteiger partial charge in [0.2, 0.25) is 11.0 Å². The van der Waals surface area contributed by atoms with Gasteiger partial charge >= 0.3 is 0 Å². The van der Waals surface area contributed by atoms with Crippen molar-refractivity contribution in [3.63, 3.8) is 0 Å². The largest absolute Gasteiger partial charge is 0.497 e. The molecule has 0 spiro atoms. The molecule has 1 N–H and O–H groups in total. The van der Waals surface area contributed by atoms with Crippen LogP contribution in [0.25, 0.3) is 0 Å². The van der Waals surface area contributed by atoms with Crippen molar-refractivity contribution in [1.29, 1.82) is 0 Å². The Labute approximate surface area is 178 Å². The van der Waals surface area contributed by atoms with Gasteiger partial charge in [0.05, 0.1) is 18.7 Å². The van der Waals surface area contributed by atoms with Crippen molar-refractivity contribution in [2.45, 2.75) is 19.3 Å². The van der Waals surface area contributed by atoms with Crippen LogP contribution < -0.4 is 15.0 Å². The Bertz CT molecular complexity index is 1030. The van der Waals surface area contributed by atoms with E-state index in [0.717, 1.165) is 41.7 Å². The minimum atomic E-state index is -0.426. The number of para-hydroxylation sites is 1. The predicted molar refractivity (Wildman–Crippen MR) is 116 cm³/mol. The van der Waals surface area contributed by atoms with Gasteiger partial charge in [0.15, 0.2) is 0 Å². The van der Waals surface area contributed by atoms with Crippen molar-refractivity contribution in [2.24, 2.45) is 5.92 Å². The van der Waals surface area contributed by atoms with E-state index in [2.05, 4.69) is 19.6 Å². The summed E-state index contributed by atoms with van der Waals surface area (Å²) in [4.78, 5) is 19.4. The molecule has 3 aromatic rings. The highest BCUT2D eigenvalue weighted by atomic mass is 32.1. The van der Waals surface area contributed by atoms with Crippen molar-refractivity contribution in [2.75, 3.05) is 30.4 Å². The standard InChI is InChI=1S/C22H23FN4O2S/c1-29-17-8-4-6-15(12-17)13-20-25-22(30-26-20)27-11-5-7-16(14-27)21(28)24-19-10-3-2-9-18(19)23/h2-4,6,8-10,12,16H,5,7,11,13-14H2,1H3,(H,24,28). The van der Waals surface area contributed by atoms with E-state index in [1.165, 1.54) is 17.6 Å². The van der Waals surface area contributed by atoms with Gasteiger partial charge in [-0.1, -0.05) is 24.3 Å². The van der Waals surface area contributed by atoms with Crippen LogP contribution in [0.5, 0.6) is 5.75 Å². The van der Waals surface area contributed by atoms with Crippen LogP contribution in [-0.2, 0) is 11.2 Å². The van der Waals surface area contributed by atoms with E-state index in [1.807, 2.05) is 24.3 Å². The number of hydrogen-bond donors (Lipinski definition) is 1.